The van der Waals surface area contributed by atoms with E-state index in [0.29, 0.717) is 5.82 Å². The Morgan fingerprint density at radius 1 is 0.351 bits per heavy atom. The number of hydrogen-bond donors (Lipinski definition) is 0. The maximum atomic E-state index is 5.24. The second-order valence-electron chi connectivity index (χ2n) is 14.7. The van der Waals surface area contributed by atoms with E-state index < -0.39 is 0 Å². The van der Waals surface area contributed by atoms with Crippen molar-refractivity contribution in [1.82, 2.24) is 19.1 Å². The molecule has 3 heterocycles. The SMILES string of the molecule is Cc1ccc2c(c1)c1ccccc1n2-c1ccc(-c2nc(-c3ccccc3)cc(-c3ccccc3)n2)cc1-c1cccc(-n2c3ccccc3c3ccccc32)c1. The molecule has 0 aliphatic carbocycles. The van der Waals surface area contributed by atoms with Gasteiger partial charge in [0, 0.05) is 49.5 Å². The van der Waals surface area contributed by atoms with Gasteiger partial charge in [0.15, 0.2) is 5.82 Å². The summed E-state index contributed by atoms with van der Waals surface area (Å²) < 4.78 is 4.81. The zero-order valence-corrected chi connectivity index (χ0v) is 31.3. The molecule has 0 radical (unpaired) electrons. The van der Waals surface area contributed by atoms with E-state index in [-0.39, 0.29) is 0 Å². The van der Waals surface area contributed by atoms with Crippen LogP contribution in [0.2, 0.25) is 0 Å². The van der Waals surface area contributed by atoms with Gasteiger partial charge in [-0.05, 0) is 79.2 Å². The smallest absolute Gasteiger partial charge is 0.160 e. The summed E-state index contributed by atoms with van der Waals surface area (Å²) in [5, 5.41) is 4.96. The van der Waals surface area contributed by atoms with Gasteiger partial charge in [0.1, 0.15) is 0 Å². The molecular weight excluding hydrogens is 693 g/mol. The van der Waals surface area contributed by atoms with Crippen LogP contribution in [0.5, 0.6) is 0 Å². The molecule has 0 fully saturated rings. The number of rotatable bonds is 6. The summed E-state index contributed by atoms with van der Waals surface area (Å²) in [7, 11) is 0. The van der Waals surface area contributed by atoms with Gasteiger partial charge in [0.2, 0.25) is 0 Å². The quantitative estimate of drug-likeness (QED) is 0.171. The van der Waals surface area contributed by atoms with Gasteiger partial charge in [0.05, 0.1) is 39.1 Å². The van der Waals surface area contributed by atoms with Crippen LogP contribution in [0.4, 0.5) is 0 Å². The fourth-order valence-electron chi connectivity index (χ4n) is 8.55. The lowest BCUT2D eigenvalue weighted by Crippen LogP contribution is -2.01. The van der Waals surface area contributed by atoms with Crippen LogP contribution in [-0.4, -0.2) is 19.1 Å². The van der Waals surface area contributed by atoms with Gasteiger partial charge in [0.25, 0.3) is 0 Å². The van der Waals surface area contributed by atoms with E-state index in [0.717, 1.165) is 50.6 Å². The number of aromatic nitrogens is 4. The highest BCUT2D eigenvalue weighted by Crippen LogP contribution is 2.40. The molecule has 4 nitrogen and oxygen atoms in total. The second-order valence-corrected chi connectivity index (χ2v) is 14.7. The summed E-state index contributed by atoms with van der Waals surface area (Å²) >= 11 is 0. The minimum atomic E-state index is 0.680. The van der Waals surface area contributed by atoms with Crippen molar-refractivity contribution >= 4 is 43.6 Å². The van der Waals surface area contributed by atoms with Gasteiger partial charge in [-0.2, -0.15) is 0 Å². The average molecular weight is 729 g/mol. The van der Waals surface area contributed by atoms with Crippen molar-refractivity contribution in [2.24, 2.45) is 0 Å². The van der Waals surface area contributed by atoms with E-state index in [1.54, 1.807) is 0 Å². The summed E-state index contributed by atoms with van der Waals surface area (Å²) in [6.45, 7) is 2.17. The number of nitrogens with zero attached hydrogens (tertiary/aromatic N) is 4. The molecule has 8 aromatic carbocycles. The Balaban J connectivity index is 1.18. The molecular formula is C53H36N4. The first-order chi connectivity index (χ1) is 28.2. The summed E-state index contributed by atoms with van der Waals surface area (Å²) in [5.74, 6) is 0.680. The van der Waals surface area contributed by atoms with E-state index >= 15 is 0 Å². The van der Waals surface area contributed by atoms with Crippen LogP contribution in [0.3, 0.4) is 0 Å². The number of hydrogen-bond acceptors (Lipinski definition) is 2. The van der Waals surface area contributed by atoms with E-state index in [2.05, 4.69) is 204 Å². The van der Waals surface area contributed by atoms with Crippen LogP contribution in [0.15, 0.2) is 200 Å². The molecule has 3 aromatic heterocycles. The molecule has 4 heteroatoms. The largest absolute Gasteiger partial charge is 0.309 e. The van der Waals surface area contributed by atoms with Gasteiger partial charge in [-0.1, -0.05) is 139 Å². The summed E-state index contributed by atoms with van der Waals surface area (Å²) in [5.41, 5.74) is 15.2. The highest BCUT2D eigenvalue weighted by atomic mass is 15.0. The molecule has 0 atom stereocenters. The van der Waals surface area contributed by atoms with Gasteiger partial charge in [-0.25, -0.2) is 9.97 Å². The van der Waals surface area contributed by atoms with E-state index in [1.807, 2.05) is 12.1 Å². The van der Waals surface area contributed by atoms with E-state index in [1.165, 1.54) is 49.2 Å². The number of benzene rings is 8. The highest BCUT2D eigenvalue weighted by molar-refractivity contribution is 6.11. The lowest BCUT2D eigenvalue weighted by molar-refractivity contribution is 1.16. The Hall–Kier alpha value is -7.56. The number of fused-ring (bicyclic) bond motifs is 6. The third kappa shape index (κ3) is 5.53. The lowest BCUT2D eigenvalue weighted by Gasteiger charge is -2.17. The molecule has 0 saturated heterocycles. The molecule has 0 bridgehead atoms. The van der Waals surface area contributed by atoms with E-state index in [9.17, 15) is 0 Å². The molecule has 0 aliphatic heterocycles. The standard InChI is InChI=1S/C53H36N4/c1-35-27-29-52-45(31-35)43-23-10-13-26-50(43)57(52)51-30-28-39(53-54-46(36-15-4-2-5-16-36)34-47(55-53)37-17-6-3-7-18-37)33-44(51)38-19-14-20-40(32-38)56-48-24-11-8-21-41(48)42-22-9-12-25-49(42)56/h2-34H,1H3. The first-order valence-corrected chi connectivity index (χ1v) is 19.4. The summed E-state index contributed by atoms with van der Waals surface area (Å²) in [6, 6.07) is 71.4. The van der Waals surface area contributed by atoms with Crippen molar-refractivity contribution < 1.29 is 0 Å². The summed E-state index contributed by atoms with van der Waals surface area (Å²) in [4.78, 5) is 10.5. The molecule has 57 heavy (non-hydrogen) atoms. The van der Waals surface area contributed by atoms with Crippen LogP contribution in [0, 0.1) is 6.92 Å². The number of para-hydroxylation sites is 3. The maximum Gasteiger partial charge on any atom is 0.160 e. The first kappa shape index (κ1) is 32.8. The topological polar surface area (TPSA) is 35.6 Å². The van der Waals surface area contributed by atoms with Crippen LogP contribution in [0.25, 0.3) is 100 Å². The lowest BCUT2D eigenvalue weighted by atomic mass is 9.99. The van der Waals surface area contributed by atoms with Crippen LogP contribution >= 0.6 is 0 Å². The van der Waals surface area contributed by atoms with E-state index in [4.69, 9.17) is 9.97 Å². The van der Waals surface area contributed by atoms with Crippen molar-refractivity contribution in [3.05, 3.63) is 206 Å². The fourth-order valence-corrected chi connectivity index (χ4v) is 8.55. The molecule has 0 spiro atoms. The molecule has 0 saturated carbocycles. The summed E-state index contributed by atoms with van der Waals surface area (Å²) in [6.07, 6.45) is 0. The molecule has 0 amide bonds. The normalized spacial score (nSPS) is 11.6. The minimum absolute atomic E-state index is 0.680. The van der Waals surface area contributed by atoms with Gasteiger partial charge >= 0.3 is 0 Å². The number of aryl methyl sites for hydroxylation is 1. The van der Waals surface area contributed by atoms with Crippen LogP contribution in [0.1, 0.15) is 5.56 Å². The minimum Gasteiger partial charge on any atom is -0.309 e. The average Bonchev–Trinajstić information content (AvgIpc) is 3.79. The fraction of sp³-hybridized carbons (Fsp3) is 0.0189. The Morgan fingerprint density at radius 2 is 0.877 bits per heavy atom. The maximum absolute atomic E-state index is 5.24. The van der Waals surface area contributed by atoms with Crippen molar-refractivity contribution in [1.29, 1.82) is 0 Å². The molecule has 11 aromatic rings. The monoisotopic (exact) mass is 728 g/mol. The zero-order valence-electron chi connectivity index (χ0n) is 31.3. The van der Waals surface area contributed by atoms with Gasteiger partial charge in [-0.3, -0.25) is 0 Å². The van der Waals surface area contributed by atoms with Gasteiger partial charge < -0.3 is 9.13 Å². The molecule has 11 rings (SSSR count). The zero-order chi connectivity index (χ0) is 37.9. The van der Waals surface area contributed by atoms with Crippen LogP contribution < -0.4 is 0 Å². The second kappa shape index (κ2) is 13.3. The van der Waals surface area contributed by atoms with Crippen molar-refractivity contribution in [2.75, 3.05) is 0 Å². The molecule has 268 valence electrons. The van der Waals surface area contributed by atoms with Gasteiger partial charge in [-0.15, -0.1) is 0 Å². The van der Waals surface area contributed by atoms with Crippen molar-refractivity contribution in [3.8, 4) is 56.4 Å². The Labute approximate surface area is 330 Å². The predicted octanol–water partition coefficient (Wildman–Crippen LogP) is 13.6. The Bertz CT molecular complexity index is 3190. The molecule has 0 unspecified atom stereocenters. The molecule has 0 N–H and O–H groups in total. The third-order valence-corrected chi connectivity index (χ3v) is 11.2. The molecule has 0 aliphatic rings. The highest BCUT2D eigenvalue weighted by Gasteiger charge is 2.20. The van der Waals surface area contributed by atoms with Crippen LogP contribution in [-0.2, 0) is 0 Å². The van der Waals surface area contributed by atoms with Crippen molar-refractivity contribution in [3.63, 3.8) is 0 Å². The Kier molecular flexibility index (Phi) is 7.68. The van der Waals surface area contributed by atoms with Crippen molar-refractivity contribution in [2.45, 2.75) is 6.92 Å². The third-order valence-electron chi connectivity index (χ3n) is 11.2. The first-order valence-electron chi connectivity index (χ1n) is 19.4. The predicted molar refractivity (Wildman–Crippen MR) is 237 cm³/mol. The Morgan fingerprint density at radius 3 is 1.51 bits per heavy atom.